The molecule has 104 valence electrons. The van der Waals surface area contributed by atoms with Crippen molar-refractivity contribution in [3.05, 3.63) is 40.6 Å². The van der Waals surface area contributed by atoms with Gasteiger partial charge in [-0.25, -0.2) is 4.98 Å². The predicted octanol–water partition coefficient (Wildman–Crippen LogP) is 3.33. The molecule has 20 heavy (non-hydrogen) atoms. The van der Waals surface area contributed by atoms with E-state index in [0.717, 1.165) is 15.9 Å². The van der Waals surface area contributed by atoms with Crippen LogP contribution in [0.2, 0.25) is 0 Å². The molecule has 0 saturated heterocycles. The molecule has 0 aliphatic rings. The molecule has 5 nitrogen and oxygen atoms in total. The summed E-state index contributed by atoms with van der Waals surface area (Å²) < 4.78 is 0.966. The highest BCUT2D eigenvalue weighted by atomic mass is 79.9. The number of carbonyl (C=O) groups is 1. The Hall–Kier alpha value is -1.60. The number of carbonyl (C=O) groups excluding carboxylic acids is 1. The minimum Gasteiger partial charge on any atom is -0.323 e. The van der Waals surface area contributed by atoms with Crippen LogP contribution >= 0.6 is 27.7 Å². The fraction of sp³-hybridized carbons (Fsp3) is 0.154. The Bertz CT molecular complexity index is 609. The van der Waals surface area contributed by atoms with Gasteiger partial charge in [-0.1, -0.05) is 34.6 Å². The molecule has 1 aromatic heterocycles. The number of nitrogens with zero attached hydrogens (tertiary/aromatic N) is 2. The van der Waals surface area contributed by atoms with E-state index in [2.05, 4.69) is 36.4 Å². The number of rotatable bonds is 5. The van der Waals surface area contributed by atoms with Crippen LogP contribution in [0, 0.1) is 0 Å². The summed E-state index contributed by atoms with van der Waals surface area (Å²) in [6.07, 6.45) is 3.02. The van der Waals surface area contributed by atoms with Gasteiger partial charge in [0.05, 0.1) is 0 Å². The fourth-order valence-electron chi connectivity index (χ4n) is 1.40. The molecule has 0 aliphatic heterocycles. The van der Waals surface area contributed by atoms with Gasteiger partial charge in [0.25, 0.3) is 0 Å². The highest BCUT2D eigenvalue weighted by molar-refractivity contribution is 9.10. The van der Waals surface area contributed by atoms with Gasteiger partial charge in [0.1, 0.15) is 5.82 Å². The van der Waals surface area contributed by atoms with Crippen LogP contribution < -0.4 is 5.32 Å². The Kier molecular flexibility index (Phi) is 5.37. The van der Waals surface area contributed by atoms with Crippen LogP contribution in [0.5, 0.6) is 0 Å². The number of thioether (sulfide) groups is 1. The standard InChI is InChI=1S/C13H13BrN4OS/c1-2-20-13-16-11(17-18-13)7-8-12(19)15-10-5-3-9(14)4-6-10/h3-8H,2H2,1H3,(H,15,19)(H,16,17,18)/b8-7+. The van der Waals surface area contributed by atoms with E-state index >= 15 is 0 Å². The molecule has 2 aromatic rings. The number of benzene rings is 1. The van der Waals surface area contributed by atoms with E-state index < -0.39 is 0 Å². The molecular weight excluding hydrogens is 340 g/mol. The van der Waals surface area contributed by atoms with Crippen LogP contribution in [0.3, 0.4) is 0 Å². The van der Waals surface area contributed by atoms with Gasteiger partial charge >= 0.3 is 0 Å². The van der Waals surface area contributed by atoms with Gasteiger partial charge in [-0.15, -0.1) is 5.10 Å². The highest BCUT2D eigenvalue weighted by Gasteiger charge is 2.01. The zero-order chi connectivity index (χ0) is 14.4. The summed E-state index contributed by atoms with van der Waals surface area (Å²) in [5, 5.41) is 10.2. The number of amides is 1. The van der Waals surface area contributed by atoms with E-state index in [1.165, 1.54) is 6.08 Å². The minimum absolute atomic E-state index is 0.214. The van der Waals surface area contributed by atoms with Crippen LogP contribution in [0.25, 0.3) is 6.08 Å². The molecule has 0 radical (unpaired) electrons. The first kappa shape index (κ1) is 14.8. The number of halogens is 1. The van der Waals surface area contributed by atoms with Crippen LogP contribution in [-0.4, -0.2) is 26.8 Å². The first-order valence-corrected chi connectivity index (χ1v) is 7.75. The first-order chi connectivity index (χ1) is 9.67. The smallest absolute Gasteiger partial charge is 0.248 e. The Labute approximate surface area is 129 Å². The quantitative estimate of drug-likeness (QED) is 0.639. The molecule has 1 aromatic carbocycles. The third-order valence-electron chi connectivity index (χ3n) is 2.26. The number of nitrogens with one attached hydrogen (secondary N) is 2. The van der Waals surface area contributed by atoms with Gasteiger partial charge in [-0.3, -0.25) is 9.89 Å². The molecule has 0 bridgehead atoms. The molecule has 1 amide bonds. The van der Waals surface area contributed by atoms with E-state index in [1.807, 2.05) is 31.2 Å². The Morgan fingerprint density at radius 1 is 1.45 bits per heavy atom. The second kappa shape index (κ2) is 7.25. The second-order valence-corrected chi connectivity index (χ2v) is 5.91. The molecule has 0 saturated carbocycles. The fourth-order valence-corrected chi connectivity index (χ4v) is 2.19. The molecule has 1 heterocycles. The van der Waals surface area contributed by atoms with Crippen LogP contribution in [0.4, 0.5) is 5.69 Å². The lowest BCUT2D eigenvalue weighted by molar-refractivity contribution is -0.111. The third kappa shape index (κ3) is 4.50. The van der Waals surface area contributed by atoms with E-state index in [-0.39, 0.29) is 5.91 Å². The zero-order valence-corrected chi connectivity index (χ0v) is 13.2. The lowest BCUT2D eigenvalue weighted by Crippen LogP contribution is -2.07. The van der Waals surface area contributed by atoms with Gasteiger partial charge in [-0.05, 0) is 36.1 Å². The SMILES string of the molecule is CCSc1n[nH]c(/C=C/C(=O)Nc2ccc(Br)cc2)n1. The summed E-state index contributed by atoms with van der Waals surface area (Å²) in [7, 11) is 0. The number of hydrogen-bond acceptors (Lipinski definition) is 4. The van der Waals surface area contributed by atoms with E-state index in [0.29, 0.717) is 11.0 Å². The summed E-state index contributed by atoms with van der Waals surface area (Å²) in [4.78, 5) is 15.9. The lowest BCUT2D eigenvalue weighted by Gasteiger charge is -2.01. The maximum atomic E-state index is 11.7. The third-order valence-corrected chi connectivity index (χ3v) is 3.52. The van der Waals surface area contributed by atoms with Gasteiger partial charge in [-0.2, -0.15) is 0 Å². The van der Waals surface area contributed by atoms with Crippen molar-refractivity contribution in [3.63, 3.8) is 0 Å². The van der Waals surface area contributed by atoms with Gasteiger partial charge < -0.3 is 5.32 Å². The highest BCUT2D eigenvalue weighted by Crippen LogP contribution is 2.14. The molecular formula is C13H13BrN4OS. The molecule has 0 unspecified atom stereocenters. The van der Waals surface area contributed by atoms with Gasteiger partial charge in [0.15, 0.2) is 0 Å². The van der Waals surface area contributed by atoms with Gasteiger partial charge in [0.2, 0.25) is 11.1 Å². The summed E-state index contributed by atoms with van der Waals surface area (Å²) in [6.45, 7) is 2.03. The molecule has 2 rings (SSSR count). The summed E-state index contributed by atoms with van der Waals surface area (Å²) in [6, 6.07) is 7.37. The normalized spacial score (nSPS) is 10.9. The van der Waals surface area contributed by atoms with Gasteiger partial charge in [0, 0.05) is 16.2 Å². The average Bonchev–Trinajstić information content (AvgIpc) is 2.87. The number of hydrogen-bond donors (Lipinski definition) is 2. The summed E-state index contributed by atoms with van der Waals surface area (Å²) in [5.74, 6) is 1.26. The van der Waals surface area contributed by atoms with Crippen molar-refractivity contribution in [1.29, 1.82) is 0 Å². The largest absolute Gasteiger partial charge is 0.323 e. The molecule has 0 fully saturated rings. The summed E-state index contributed by atoms with van der Waals surface area (Å²) >= 11 is 4.88. The van der Waals surface area contributed by atoms with E-state index in [1.54, 1.807) is 17.8 Å². The topological polar surface area (TPSA) is 70.7 Å². The second-order valence-electron chi connectivity index (χ2n) is 3.77. The Balaban J connectivity index is 1.92. The molecule has 7 heteroatoms. The van der Waals surface area contributed by atoms with Crippen LogP contribution in [-0.2, 0) is 4.79 Å². The Morgan fingerprint density at radius 2 is 2.20 bits per heavy atom. The van der Waals surface area contributed by atoms with Crippen molar-refractivity contribution in [1.82, 2.24) is 15.2 Å². The van der Waals surface area contributed by atoms with Crippen LogP contribution in [0.1, 0.15) is 12.7 Å². The number of H-pyrrole nitrogens is 1. The van der Waals surface area contributed by atoms with Crippen molar-refractivity contribution in [3.8, 4) is 0 Å². The zero-order valence-electron chi connectivity index (χ0n) is 10.8. The maximum Gasteiger partial charge on any atom is 0.248 e. The molecule has 2 N–H and O–H groups in total. The molecule has 0 atom stereocenters. The van der Waals surface area contributed by atoms with Crippen molar-refractivity contribution in [2.24, 2.45) is 0 Å². The predicted molar refractivity (Wildman–Crippen MR) is 84.6 cm³/mol. The van der Waals surface area contributed by atoms with E-state index in [4.69, 9.17) is 0 Å². The first-order valence-electron chi connectivity index (χ1n) is 5.97. The lowest BCUT2D eigenvalue weighted by atomic mass is 10.3. The number of aromatic nitrogens is 3. The maximum absolute atomic E-state index is 11.7. The monoisotopic (exact) mass is 352 g/mol. The Morgan fingerprint density at radius 3 is 2.90 bits per heavy atom. The number of aromatic amines is 1. The van der Waals surface area contributed by atoms with Crippen molar-refractivity contribution >= 4 is 45.4 Å². The summed E-state index contributed by atoms with van der Waals surface area (Å²) in [5.41, 5.74) is 0.739. The van der Waals surface area contributed by atoms with Crippen molar-refractivity contribution in [2.45, 2.75) is 12.1 Å². The van der Waals surface area contributed by atoms with E-state index in [9.17, 15) is 4.79 Å². The minimum atomic E-state index is -0.214. The molecule has 0 aliphatic carbocycles. The van der Waals surface area contributed by atoms with Crippen molar-refractivity contribution in [2.75, 3.05) is 11.1 Å². The van der Waals surface area contributed by atoms with Crippen molar-refractivity contribution < 1.29 is 4.79 Å². The average molecular weight is 353 g/mol. The number of anilines is 1. The van der Waals surface area contributed by atoms with Crippen LogP contribution in [0.15, 0.2) is 40.0 Å². The molecule has 0 spiro atoms.